The van der Waals surface area contributed by atoms with Crippen LogP contribution in [0.25, 0.3) is 0 Å². The molecular formula is C20H25Cl2NO. The summed E-state index contributed by atoms with van der Waals surface area (Å²) >= 11 is 12.1. The lowest BCUT2D eigenvalue weighted by Crippen LogP contribution is -2.26. The third-order valence-corrected chi connectivity index (χ3v) is 4.64. The Labute approximate surface area is 155 Å². The number of hydrogen-bond donors (Lipinski definition) is 1. The van der Waals surface area contributed by atoms with Crippen LogP contribution in [0.3, 0.4) is 0 Å². The zero-order chi connectivity index (χ0) is 17.5. The maximum Gasteiger partial charge on any atom is 0.123 e. The van der Waals surface area contributed by atoms with E-state index in [0.717, 1.165) is 24.3 Å². The third-order valence-electron chi connectivity index (χ3n) is 4.21. The third kappa shape index (κ3) is 5.32. The molecule has 24 heavy (non-hydrogen) atoms. The van der Waals surface area contributed by atoms with Crippen molar-refractivity contribution < 1.29 is 4.74 Å². The number of para-hydroxylation sites is 1. The number of anilines is 1. The Kier molecular flexibility index (Phi) is 7.26. The van der Waals surface area contributed by atoms with Crippen molar-refractivity contribution in [3.63, 3.8) is 0 Å². The van der Waals surface area contributed by atoms with E-state index in [4.69, 9.17) is 27.9 Å². The summed E-state index contributed by atoms with van der Waals surface area (Å²) in [5.74, 6) is 1.46. The highest BCUT2D eigenvalue weighted by Crippen LogP contribution is 2.29. The largest absolute Gasteiger partial charge is 0.488 e. The van der Waals surface area contributed by atoms with E-state index >= 15 is 0 Å². The molecule has 4 heteroatoms. The molecule has 2 nitrogen and oxygen atoms in total. The van der Waals surface area contributed by atoms with Gasteiger partial charge < -0.3 is 10.1 Å². The van der Waals surface area contributed by atoms with Gasteiger partial charge in [0, 0.05) is 15.7 Å². The van der Waals surface area contributed by atoms with Crippen molar-refractivity contribution in [1.29, 1.82) is 0 Å². The van der Waals surface area contributed by atoms with E-state index in [1.807, 2.05) is 18.2 Å². The first-order valence-corrected chi connectivity index (χ1v) is 9.24. The van der Waals surface area contributed by atoms with Gasteiger partial charge in [-0.3, -0.25) is 0 Å². The molecule has 0 aliphatic heterocycles. The number of nitrogens with one attached hydrogen (secondary N) is 1. The van der Waals surface area contributed by atoms with Gasteiger partial charge in [-0.05, 0) is 48.6 Å². The topological polar surface area (TPSA) is 21.3 Å². The summed E-state index contributed by atoms with van der Waals surface area (Å²) in [4.78, 5) is 0. The molecule has 1 N–H and O–H groups in total. The first kappa shape index (κ1) is 19.0. The second-order valence-corrected chi connectivity index (χ2v) is 6.91. The van der Waals surface area contributed by atoms with Crippen LogP contribution in [0.15, 0.2) is 42.5 Å². The summed E-state index contributed by atoms with van der Waals surface area (Å²) in [7, 11) is 0. The molecule has 0 saturated heterocycles. The van der Waals surface area contributed by atoms with Crippen LogP contribution in [0.2, 0.25) is 10.0 Å². The van der Waals surface area contributed by atoms with Gasteiger partial charge in [0.1, 0.15) is 11.9 Å². The average Bonchev–Trinajstić information content (AvgIpc) is 2.57. The van der Waals surface area contributed by atoms with Gasteiger partial charge in [-0.2, -0.15) is 0 Å². The van der Waals surface area contributed by atoms with Crippen LogP contribution in [-0.2, 0) is 0 Å². The highest BCUT2D eigenvalue weighted by atomic mass is 35.5. The van der Waals surface area contributed by atoms with Crippen LogP contribution in [0.5, 0.6) is 5.75 Å². The Balaban J connectivity index is 2.05. The molecule has 2 atom stereocenters. The Hall–Kier alpha value is -1.38. The van der Waals surface area contributed by atoms with E-state index in [-0.39, 0.29) is 6.10 Å². The molecule has 2 aromatic rings. The zero-order valence-corrected chi connectivity index (χ0v) is 16.0. The lowest BCUT2D eigenvalue weighted by atomic mass is 9.98. The van der Waals surface area contributed by atoms with E-state index < -0.39 is 0 Å². The lowest BCUT2D eigenvalue weighted by Gasteiger charge is -2.22. The van der Waals surface area contributed by atoms with Gasteiger partial charge in [-0.1, -0.05) is 62.2 Å². The fourth-order valence-corrected chi connectivity index (χ4v) is 3.08. The van der Waals surface area contributed by atoms with Gasteiger partial charge in [-0.15, -0.1) is 0 Å². The van der Waals surface area contributed by atoms with Crippen LogP contribution < -0.4 is 10.1 Å². The minimum atomic E-state index is 0.0768. The predicted octanol–water partition coefficient (Wildman–Crippen LogP) is 6.78. The minimum Gasteiger partial charge on any atom is -0.488 e. The number of benzene rings is 2. The van der Waals surface area contributed by atoms with Crippen molar-refractivity contribution in [3.05, 3.63) is 58.1 Å². The molecule has 0 spiro atoms. The second kappa shape index (κ2) is 9.19. The fourth-order valence-electron chi connectivity index (χ4n) is 2.55. The molecule has 0 heterocycles. The van der Waals surface area contributed by atoms with E-state index in [9.17, 15) is 0 Å². The van der Waals surface area contributed by atoms with Crippen molar-refractivity contribution in [1.82, 2.24) is 0 Å². The summed E-state index contributed by atoms with van der Waals surface area (Å²) < 4.78 is 6.27. The summed E-state index contributed by atoms with van der Waals surface area (Å²) in [6.45, 7) is 7.25. The van der Waals surface area contributed by atoms with E-state index in [1.54, 1.807) is 6.07 Å². The van der Waals surface area contributed by atoms with E-state index in [2.05, 4.69) is 44.3 Å². The first-order chi connectivity index (χ1) is 11.5. The molecule has 0 fully saturated rings. The van der Waals surface area contributed by atoms with E-state index in [0.29, 0.717) is 22.5 Å². The highest BCUT2D eigenvalue weighted by Gasteiger charge is 2.14. The molecule has 2 rings (SSSR count). The molecule has 2 unspecified atom stereocenters. The Morgan fingerprint density at radius 2 is 1.67 bits per heavy atom. The second-order valence-electron chi connectivity index (χ2n) is 6.03. The van der Waals surface area contributed by atoms with Gasteiger partial charge in [-0.25, -0.2) is 0 Å². The van der Waals surface area contributed by atoms with Crippen molar-refractivity contribution in [2.75, 3.05) is 11.9 Å². The number of hydrogen-bond acceptors (Lipinski definition) is 2. The van der Waals surface area contributed by atoms with Crippen LogP contribution in [0.1, 0.15) is 45.1 Å². The highest BCUT2D eigenvalue weighted by molar-refractivity contribution is 6.35. The summed E-state index contributed by atoms with van der Waals surface area (Å²) in [5.41, 5.74) is 2.18. The summed E-state index contributed by atoms with van der Waals surface area (Å²) in [6, 6.07) is 13.8. The molecule has 0 aromatic heterocycles. The Morgan fingerprint density at radius 1 is 1.00 bits per heavy atom. The molecule has 0 amide bonds. The summed E-state index contributed by atoms with van der Waals surface area (Å²) in [6.07, 6.45) is 2.08. The standard InChI is InChI=1S/C20H25Cl2NO/c1-4-14(3)19-8-6-7-9-20(19)24-18(5-2)13-23-17-11-15(21)10-16(22)12-17/h6-12,14,18,23H,4-5,13H2,1-3H3. The van der Waals surface area contributed by atoms with Crippen molar-refractivity contribution in [2.45, 2.75) is 45.6 Å². The predicted molar refractivity (Wildman–Crippen MR) is 105 cm³/mol. The smallest absolute Gasteiger partial charge is 0.123 e. The molecule has 0 bridgehead atoms. The zero-order valence-electron chi connectivity index (χ0n) is 14.5. The van der Waals surface area contributed by atoms with Gasteiger partial charge >= 0.3 is 0 Å². The van der Waals surface area contributed by atoms with Gasteiger partial charge in [0.15, 0.2) is 0 Å². The molecular weight excluding hydrogens is 341 g/mol. The molecule has 130 valence electrons. The molecule has 0 aliphatic rings. The van der Waals surface area contributed by atoms with Crippen molar-refractivity contribution in [2.24, 2.45) is 0 Å². The number of ether oxygens (including phenoxy) is 1. The fraction of sp³-hybridized carbons (Fsp3) is 0.400. The number of rotatable bonds is 8. The van der Waals surface area contributed by atoms with Crippen LogP contribution in [-0.4, -0.2) is 12.6 Å². The molecule has 0 saturated carbocycles. The SMILES string of the molecule is CCC(CNc1cc(Cl)cc(Cl)c1)Oc1ccccc1C(C)CC. The first-order valence-electron chi connectivity index (χ1n) is 8.49. The molecule has 0 radical (unpaired) electrons. The maximum atomic E-state index is 6.27. The van der Waals surface area contributed by atoms with Crippen molar-refractivity contribution in [3.8, 4) is 5.75 Å². The average molecular weight is 366 g/mol. The van der Waals surface area contributed by atoms with Crippen molar-refractivity contribution >= 4 is 28.9 Å². The summed E-state index contributed by atoms with van der Waals surface area (Å²) in [5, 5.41) is 4.62. The van der Waals surface area contributed by atoms with Gasteiger partial charge in [0.25, 0.3) is 0 Å². The lowest BCUT2D eigenvalue weighted by molar-refractivity contribution is 0.207. The number of halogens is 2. The molecule has 0 aliphatic carbocycles. The Bertz CT molecular complexity index is 640. The minimum absolute atomic E-state index is 0.0768. The quantitative estimate of drug-likeness (QED) is 0.556. The molecule has 2 aromatic carbocycles. The van der Waals surface area contributed by atoms with Crippen LogP contribution >= 0.6 is 23.2 Å². The van der Waals surface area contributed by atoms with Gasteiger partial charge in [0.05, 0.1) is 6.54 Å². The maximum absolute atomic E-state index is 6.27. The monoisotopic (exact) mass is 365 g/mol. The van der Waals surface area contributed by atoms with Gasteiger partial charge in [0.2, 0.25) is 0 Å². The van der Waals surface area contributed by atoms with E-state index in [1.165, 1.54) is 5.56 Å². The Morgan fingerprint density at radius 3 is 2.29 bits per heavy atom. The van der Waals surface area contributed by atoms with Crippen LogP contribution in [0, 0.1) is 0 Å². The normalized spacial score (nSPS) is 13.4. The van der Waals surface area contributed by atoms with Crippen LogP contribution in [0.4, 0.5) is 5.69 Å².